The van der Waals surface area contributed by atoms with Crippen molar-refractivity contribution in [3.8, 4) is 5.69 Å². The quantitative estimate of drug-likeness (QED) is 0.824. The van der Waals surface area contributed by atoms with E-state index in [1.165, 1.54) is 5.56 Å². The molecule has 2 N–H and O–H groups in total. The van der Waals surface area contributed by atoms with Crippen LogP contribution in [0.25, 0.3) is 5.69 Å². The van der Waals surface area contributed by atoms with Gasteiger partial charge in [-0.05, 0) is 47.9 Å². The SMILES string of the molecule is CC(NCC1(CO)CC1)c1ccc(-n2cnnn2)cc1. The molecule has 1 atom stereocenters. The van der Waals surface area contributed by atoms with Gasteiger partial charge in [-0.3, -0.25) is 0 Å². The van der Waals surface area contributed by atoms with Gasteiger partial charge in [0.1, 0.15) is 6.33 Å². The van der Waals surface area contributed by atoms with Gasteiger partial charge in [-0.25, -0.2) is 4.68 Å². The van der Waals surface area contributed by atoms with Crippen molar-refractivity contribution in [2.45, 2.75) is 25.8 Å². The fourth-order valence-electron chi connectivity index (χ4n) is 2.25. The van der Waals surface area contributed by atoms with Crippen LogP contribution < -0.4 is 5.32 Å². The Morgan fingerprint density at radius 1 is 1.35 bits per heavy atom. The van der Waals surface area contributed by atoms with E-state index >= 15 is 0 Å². The van der Waals surface area contributed by atoms with E-state index in [1.54, 1.807) is 11.0 Å². The third-order valence-electron chi connectivity index (χ3n) is 4.08. The Kier molecular flexibility index (Phi) is 3.50. The maximum atomic E-state index is 9.32. The predicted octanol–water partition coefficient (Wildman–Crippen LogP) is 1.09. The molecule has 6 nitrogen and oxygen atoms in total. The molecule has 0 spiro atoms. The van der Waals surface area contributed by atoms with Gasteiger partial charge >= 0.3 is 0 Å². The summed E-state index contributed by atoms with van der Waals surface area (Å²) in [4.78, 5) is 0. The van der Waals surface area contributed by atoms with Gasteiger partial charge in [0.15, 0.2) is 0 Å². The van der Waals surface area contributed by atoms with E-state index in [2.05, 4.69) is 39.9 Å². The Morgan fingerprint density at radius 2 is 2.10 bits per heavy atom. The van der Waals surface area contributed by atoms with Crippen molar-refractivity contribution in [1.82, 2.24) is 25.5 Å². The molecule has 1 heterocycles. The van der Waals surface area contributed by atoms with E-state index in [9.17, 15) is 5.11 Å². The molecule has 0 amide bonds. The molecule has 1 aromatic heterocycles. The van der Waals surface area contributed by atoms with Gasteiger partial charge in [0.2, 0.25) is 0 Å². The minimum atomic E-state index is 0.139. The minimum absolute atomic E-state index is 0.139. The van der Waals surface area contributed by atoms with Gasteiger partial charge in [-0.1, -0.05) is 12.1 Å². The zero-order valence-electron chi connectivity index (χ0n) is 11.5. The monoisotopic (exact) mass is 273 g/mol. The summed E-state index contributed by atoms with van der Waals surface area (Å²) in [6, 6.07) is 8.42. The van der Waals surface area contributed by atoms with Gasteiger partial charge in [-0.15, -0.1) is 5.10 Å². The summed E-state index contributed by atoms with van der Waals surface area (Å²) in [5.74, 6) is 0. The molecule has 2 aromatic rings. The minimum Gasteiger partial charge on any atom is -0.396 e. The van der Waals surface area contributed by atoms with E-state index in [-0.39, 0.29) is 18.1 Å². The van der Waals surface area contributed by atoms with Gasteiger partial charge in [0.25, 0.3) is 0 Å². The second-order valence-corrected chi connectivity index (χ2v) is 5.61. The maximum Gasteiger partial charge on any atom is 0.143 e. The van der Waals surface area contributed by atoms with Crippen molar-refractivity contribution in [2.24, 2.45) is 5.41 Å². The molecule has 20 heavy (non-hydrogen) atoms. The number of hydrogen-bond donors (Lipinski definition) is 2. The molecule has 6 heteroatoms. The van der Waals surface area contributed by atoms with Crippen molar-refractivity contribution in [3.05, 3.63) is 36.2 Å². The molecular weight excluding hydrogens is 254 g/mol. The topological polar surface area (TPSA) is 75.9 Å². The van der Waals surface area contributed by atoms with E-state index in [0.717, 1.165) is 25.1 Å². The summed E-state index contributed by atoms with van der Waals surface area (Å²) in [6.07, 6.45) is 3.83. The molecule has 1 aromatic carbocycles. The summed E-state index contributed by atoms with van der Waals surface area (Å²) in [5, 5.41) is 23.9. The molecule has 1 fully saturated rings. The third-order valence-corrected chi connectivity index (χ3v) is 4.08. The highest BCUT2D eigenvalue weighted by atomic mass is 16.3. The van der Waals surface area contributed by atoms with E-state index in [1.807, 2.05) is 12.1 Å². The summed E-state index contributed by atoms with van der Waals surface area (Å²) in [7, 11) is 0. The number of nitrogens with zero attached hydrogens (tertiary/aromatic N) is 4. The van der Waals surface area contributed by atoms with Crippen molar-refractivity contribution in [2.75, 3.05) is 13.2 Å². The lowest BCUT2D eigenvalue weighted by Gasteiger charge is -2.19. The first-order valence-electron chi connectivity index (χ1n) is 6.90. The van der Waals surface area contributed by atoms with Gasteiger partial charge in [-0.2, -0.15) is 0 Å². The van der Waals surface area contributed by atoms with E-state index in [4.69, 9.17) is 0 Å². The Bertz CT molecular complexity index is 547. The van der Waals surface area contributed by atoms with Crippen LogP contribution in [-0.4, -0.2) is 38.5 Å². The highest BCUT2D eigenvalue weighted by Gasteiger charge is 2.41. The first kappa shape index (κ1) is 13.2. The lowest BCUT2D eigenvalue weighted by molar-refractivity contribution is 0.204. The summed E-state index contributed by atoms with van der Waals surface area (Å²) in [6.45, 7) is 3.30. The number of rotatable bonds is 6. The van der Waals surface area contributed by atoms with Crippen LogP contribution in [0.2, 0.25) is 0 Å². The second kappa shape index (κ2) is 5.30. The molecule has 106 valence electrons. The molecular formula is C14H19N5O. The highest BCUT2D eigenvalue weighted by molar-refractivity contribution is 5.34. The van der Waals surface area contributed by atoms with Crippen LogP contribution in [0.3, 0.4) is 0 Å². The summed E-state index contributed by atoms with van der Waals surface area (Å²) < 4.78 is 1.63. The van der Waals surface area contributed by atoms with Crippen LogP contribution in [0.5, 0.6) is 0 Å². The number of aliphatic hydroxyl groups is 1. The average molecular weight is 273 g/mol. The molecule has 1 aliphatic carbocycles. The van der Waals surface area contributed by atoms with Gasteiger partial charge in [0.05, 0.1) is 5.69 Å². The van der Waals surface area contributed by atoms with Crippen molar-refractivity contribution in [3.63, 3.8) is 0 Å². The lowest BCUT2D eigenvalue weighted by atomic mass is 10.1. The molecule has 3 rings (SSSR count). The zero-order valence-corrected chi connectivity index (χ0v) is 11.5. The summed E-state index contributed by atoms with van der Waals surface area (Å²) in [5.41, 5.74) is 2.30. The molecule has 1 aliphatic rings. The van der Waals surface area contributed by atoms with E-state index in [0.29, 0.717) is 0 Å². The smallest absolute Gasteiger partial charge is 0.143 e. The van der Waals surface area contributed by atoms with E-state index < -0.39 is 0 Å². The second-order valence-electron chi connectivity index (χ2n) is 5.61. The number of hydrogen-bond acceptors (Lipinski definition) is 5. The van der Waals surface area contributed by atoms with Crippen LogP contribution in [-0.2, 0) is 0 Å². The third kappa shape index (κ3) is 2.71. The molecule has 0 saturated heterocycles. The maximum absolute atomic E-state index is 9.32. The predicted molar refractivity (Wildman–Crippen MR) is 74.3 cm³/mol. The standard InChI is InChI=1S/C14H19N5O/c1-11(15-8-14(9-20)6-7-14)12-2-4-13(5-3-12)19-10-16-17-18-19/h2-5,10-11,15,20H,6-9H2,1H3. The lowest BCUT2D eigenvalue weighted by Crippen LogP contribution is -2.28. The fraction of sp³-hybridized carbons (Fsp3) is 0.500. The molecule has 0 radical (unpaired) electrons. The molecule has 1 unspecified atom stereocenters. The van der Waals surface area contributed by atoms with Gasteiger partial charge < -0.3 is 10.4 Å². The first-order valence-corrected chi connectivity index (χ1v) is 6.90. The van der Waals surface area contributed by atoms with Crippen LogP contribution in [0.4, 0.5) is 0 Å². The van der Waals surface area contributed by atoms with Crippen LogP contribution in [0, 0.1) is 5.41 Å². The fourth-order valence-corrected chi connectivity index (χ4v) is 2.25. The number of nitrogens with one attached hydrogen (secondary N) is 1. The molecule has 0 aliphatic heterocycles. The highest BCUT2D eigenvalue weighted by Crippen LogP contribution is 2.44. The van der Waals surface area contributed by atoms with Crippen molar-refractivity contribution >= 4 is 0 Å². The zero-order chi connectivity index (χ0) is 14.0. The van der Waals surface area contributed by atoms with Crippen LogP contribution in [0.1, 0.15) is 31.4 Å². The molecule has 0 bridgehead atoms. The van der Waals surface area contributed by atoms with Gasteiger partial charge in [0, 0.05) is 24.6 Å². The Labute approximate surface area is 117 Å². The Balaban J connectivity index is 1.62. The van der Waals surface area contributed by atoms with Crippen molar-refractivity contribution in [1.29, 1.82) is 0 Å². The number of tetrazole rings is 1. The van der Waals surface area contributed by atoms with Crippen molar-refractivity contribution < 1.29 is 5.11 Å². The molecule has 1 saturated carbocycles. The Hall–Kier alpha value is -1.79. The average Bonchev–Trinajstić information content (AvgIpc) is 3.07. The number of aliphatic hydroxyl groups excluding tert-OH is 1. The Morgan fingerprint density at radius 3 is 2.65 bits per heavy atom. The largest absolute Gasteiger partial charge is 0.396 e. The summed E-state index contributed by atoms with van der Waals surface area (Å²) >= 11 is 0. The van der Waals surface area contributed by atoms with Crippen LogP contribution in [0.15, 0.2) is 30.6 Å². The normalized spacial score (nSPS) is 17.9. The van der Waals surface area contributed by atoms with Crippen LogP contribution >= 0.6 is 0 Å². The number of aromatic nitrogens is 4. The number of benzene rings is 1. The first-order chi connectivity index (χ1) is 9.72.